The number of esters is 1. The van der Waals surface area contributed by atoms with Gasteiger partial charge in [-0.3, -0.25) is 9.88 Å². The highest BCUT2D eigenvalue weighted by Gasteiger charge is 2.46. The monoisotopic (exact) mass is 338 g/mol. The van der Waals surface area contributed by atoms with Gasteiger partial charge in [0.1, 0.15) is 13.3 Å². The lowest BCUT2D eigenvalue weighted by molar-refractivity contribution is -0.160. The van der Waals surface area contributed by atoms with E-state index in [9.17, 15) is 14.2 Å². The molecule has 23 heavy (non-hydrogen) atoms. The quantitative estimate of drug-likeness (QED) is 0.468. The van der Waals surface area contributed by atoms with Gasteiger partial charge in [-0.15, -0.1) is 0 Å². The van der Waals surface area contributed by atoms with E-state index in [0.29, 0.717) is 24.4 Å². The van der Waals surface area contributed by atoms with Crippen molar-refractivity contribution < 1.29 is 18.9 Å². The van der Waals surface area contributed by atoms with Gasteiger partial charge >= 0.3 is 5.97 Å². The molecule has 0 aromatic heterocycles. The highest BCUT2D eigenvalue weighted by Crippen LogP contribution is 2.42. The fourth-order valence-electron chi connectivity index (χ4n) is 2.66. The van der Waals surface area contributed by atoms with Crippen molar-refractivity contribution in [2.45, 2.75) is 25.9 Å². The molecule has 1 heterocycles. The molecule has 1 fully saturated rings. The maximum atomic E-state index is 12.5. The molecule has 0 bridgehead atoms. The average Bonchev–Trinajstić information content (AvgIpc) is 2.60. The number of methoxy groups -OCH3 is 1. The predicted molar refractivity (Wildman–Crippen MR) is 88.5 cm³/mol. The van der Waals surface area contributed by atoms with Crippen LogP contribution in [0.1, 0.15) is 25.5 Å². The van der Waals surface area contributed by atoms with E-state index in [4.69, 9.17) is 4.74 Å². The molecule has 1 aromatic rings. The maximum Gasteiger partial charge on any atom is 0.333 e. The van der Waals surface area contributed by atoms with Crippen LogP contribution in [0, 0.1) is 0 Å². The van der Waals surface area contributed by atoms with E-state index in [1.165, 1.54) is 12.0 Å². The first-order valence-electron chi connectivity index (χ1n) is 7.75. The van der Waals surface area contributed by atoms with Crippen molar-refractivity contribution in [1.29, 1.82) is 0 Å². The highest BCUT2D eigenvalue weighted by atomic mass is 31.2. The minimum absolute atomic E-state index is 0.216. The Morgan fingerprint density at radius 2 is 1.96 bits per heavy atom. The number of nitrogens with zero attached hydrogens (tertiary/aromatic N) is 1. The summed E-state index contributed by atoms with van der Waals surface area (Å²) in [6, 6.07) is 7.81. The van der Waals surface area contributed by atoms with Gasteiger partial charge in [0.2, 0.25) is 5.91 Å². The van der Waals surface area contributed by atoms with Gasteiger partial charge < -0.3 is 14.2 Å². The van der Waals surface area contributed by atoms with Gasteiger partial charge in [0.05, 0.1) is 7.11 Å². The molecule has 0 radical (unpaired) electrons. The lowest BCUT2D eigenvalue weighted by Gasteiger charge is -2.43. The number of ether oxygens (including phenoxy) is 1. The molecule has 2 rings (SSSR count). The third-order valence-electron chi connectivity index (χ3n) is 4.22. The first-order chi connectivity index (χ1) is 11.0. The molecule has 1 saturated heterocycles. The lowest BCUT2D eigenvalue weighted by atomic mass is 9.99. The summed E-state index contributed by atoms with van der Waals surface area (Å²) in [6.07, 6.45) is 1.01. The van der Waals surface area contributed by atoms with E-state index in [0.717, 1.165) is 0 Å². The summed E-state index contributed by atoms with van der Waals surface area (Å²) in [7, 11) is -1.21. The van der Waals surface area contributed by atoms with Crippen molar-refractivity contribution in [1.82, 2.24) is 9.99 Å². The Morgan fingerprint density at radius 3 is 2.43 bits per heavy atom. The Kier molecular flexibility index (Phi) is 5.60. The number of carbonyl (C=O) groups is 2. The summed E-state index contributed by atoms with van der Waals surface area (Å²) in [6.45, 7) is 4.04. The zero-order valence-corrected chi connectivity index (χ0v) is 14.6. The van der Waals surface area contributed by atoms with Gasteiger partial charge in [0, 0.05) is 18.9 Å². The van der Waals surface area contributed by atoms with E-state index in [1.807, 2.05) is 32.0 Å². The molecule has 2 atom stereocenters. The number of carbonyl (C=O) groups excluding carboxylic acids is 2. The topological polar surface area (TPSA) is 75.7 Å². The third-order valence-corrected chi connectivity index (χ3v) is 7.05. The van der Waals surface area contributed by atoms with Crippen LogP contribution in [-0.4, -0.2) is 48.8 Å². The number of hydrogen-bond acceptors (Lipinski definition) is 4. The molecule has 0 spiro atoms. The van der Waals surface area contributed by atoms with Crippen molar-refractivity contribution in [3.8, 4) is 0 Å². The van der Waals surface area contributed by atoms with E-state index < -0.39 is 25.3 Å². The first-order valence-corrected chi connectivity index (χ1v) is 9.82. The van der Waals surface area contributed by atoms with Crippen LogP contribution in [0.3, 0.4) is 0 Å². The number of hydrogen-bond donors (Lipinski definition) is 1. The summed E-state index contributed by atoms with van der Waals surface area (Å²) in [5.41, 5.74) is 0.709. The molecule has 0 saturated carbocycles. The molecule has 1 aromatic carbocycles. The van der Waals surface area contributed by atoms with Crippen molar-refractivity contribution in [2.24, 2.45) is 0 Å². The van der Waals surface area contributed by atoms with Crippen LogP contribution in [0.4, 0.5) is 0 Å². The van der Waals surface area contributed by atoms with Gasteiger partial charge in [0.15, 0.2) is 6.04 Å². The van der Waals surface area contributed by atoms with Crippen LogP contribution in [-0.2, 0) is 18.9 Å². The van der Waals surface area contributed by atoms with E-state index in [-0.39, 0.29) is 5.91 Å². The lowest BCUT2D eigenvalue weighted by Crippen LogP contribution is -2.63. The summed E-state index contributed by atoms with van der Waals surface area (Å²) >= 11 is 0. The largest absolute Gasteiger partial charge is 0.467 e. The molecule has 1 aliphatic rings. The molecule has 2 unspecified atom stereocenters. The molecule has 7 heteroatoms. The molecular formula is C16H23N2O4P. The molecule has 0 aliphatic carbocycles. The zero-order valence-electron chi connectivity index (χ0n) is 13.7. The summed E-state index contributed by atoms with van der Waals surface area (Å²) in [5, 5.41) is 2.98. The number of likely N-dealkylation sites (tertiary alicyclic amines) is 1. The van der Waals surface area contributed by atoms with Crippen LogP contribution < -0.4 is 5.09 Å². The van der Waals surface area contributed by atoms with Crippen LogP contribution in [0.5, 0.6) is 0 Å². The minimum atomic E-state index is -2.51. The Morgan fingerprint density at radius 1 is 1.35 bits per heavy atom. The Hall–Kier alpha value is -1.65. The van der Waals surface area contributed by atoms with Gasteiger partial charge in [-0.05, 0) is 5.56 Å². The SMILES string of the molecule is CCP(=O)(CC)NC1CN(C(C(=O)OC)c2ccccc2)C1=O. The summed E-state index contributed by atoms with van der Waals surface area (Å²) in [5.74, 6) is -0.691. The van der Waals surface area contributed by atoms with Gasteiger partial charge in [-0.1, -0.05) is 44.2 Å². The molecule has 126 valence electrons. The fourth-order valence-corrected chi connectivity index (χ4v) is 4.23. The fraction of sp³-hybridized carbons (Fsp3) is 0.500. The Bertz CT molecular complexity index is 612. The standard InChI is InChI=1S/C16H23N2O4P/c1-4-23(21,5-2)17-13-11-18(15(13)19)14(16(20)22-3)12-9-7-6-8-10-12/h6-10,13-14H,4-5,11H2,1-3H3,(H,17,21). The van der Waals surface area contributed by atoms with E-state index in [1.54, 1.807) is 12.1 Å². The van der Waals surface area contributed by atoms with Crippen molar-refractivity contribution in [3.63, 3.8) is 0 Å². The minimum Gasteiger partial charge on any atom is -0.467 e. The number of benzene rings is 1. The second kappa shape index (κ2) is 7.28. The van der Waals surface area contributed by atoms with Crippen molar-refractivity contribution in [2.75, 3.05) is 26.0 Å². The molecule has 1 amide bonds. The van der Waals surface area contributed by atoms with Crippen LogP contribution in [0.2, 0.25) is 0 Å². The number of rotatable bonds is 7. The zero-order chi connectivity index (χ0) is 17.0. The molecule has 1 N–H and O–H groups in total. The number of amides is 1. The van der Waals surface area contributed by atoms with Gasteiger partial charge in [-0.2, -0.15) is 0 Å². The molecule has 6 nitrogen and oxygen atoms in total. The Labute approximate surface area is 136 Å². The maximum absolute atomic E-state index is 12.5. The number of nitrogens with one attached hydrogen (secondary N) is 1. The van der Waals surface area contributed by atoms with Gasteiger partial charge in [-0.25, -0.2) is 4.79 Å². The smallest absolute Gasteiger partial charge is 0.333 e. The van der Waals surface area contributed by atoms with Gasteiger partial charge in [0.25, 0.3) is 0 Å². The van der Waals surface area contributed by atoms with Crippen molar-refractivity contribution >= 4 is 19.2 Å². The van der Waals surface area contributed by atoms with Crippen LogP contribution in [0.25, 0.3) is 0 Å². The predicted octanol–water partition coefficient (Wildman–Crippen LogP) is 2.02. The Balaban J connectivity index is 2.14. The number of β-lactam (4-membered cyclic amide) rings is 1. The van der Waals surface area contributed by atoms with Crippen LogP contribution >= 0.6 is 7.29 Å². The summed E-state index contributed by atoms with van der Waals surface area (Å²) in [4.78, 5) is 26.0. The molecule has 1 aliphatic heterocycles. The van der Waals surface area contributed by atoms with E-state index >= 15 is 0 Å². The second-order valence-electron chi connectivity index (χ2n) is 5.53. The average molecular weight is 338 g/mol. The second-order valence-corrected chi connectivity index (χ2v) is 8.83. The van der Waals surface area contributed by atoms with Crippen LogP contribution in [0.15, 0.2) is 30.3 Å². The first kappa shape index (κ1) is 17.7. The third kappa shape index (κ3) is 3.65. The summed E-state index contributed by atoms with van der Waals surface area (Å²) < 4.78 is 17.3. The normalized spacial score (nSPS) is 19.2. The molecular weight excluding hydrogens is 315 g/mol. The highest BCUT2D eigenvalue weighted by molar-refractivity contribution is 7.61. The van der Waals surface area contributed by atoms with Crippen molar-refractivity contribution in [3.05, 3.63) is 35.9 Å². The van der Waals surface area contributed by atoms with E-state index in [2.05, 4.69) is 5.09 Å².